The first-order chi connectivity index (χ1) is 17.5. The van der Waals surface area contributed by atoms with E-state index < -0.39 is 5.60 Å². The summed E-state index contributed by atoms with van der Waals surface area (Å²) in [6.45, 7) is 2.35. The van der Waals surface area contributed by atoms with Gasteiger partial charge in [0.25, 0.3) is 5.91 Å². The molecule has 0 saturated heterocycles. The fraction of sp³-hybridized carbons (Fsp3) is 0.296. The van der Waals surface area contributed by atoms with E-state index in [4.69, 9.17) is 0 Å². The van der Waals surface area contributed by atoms with Gasteiger partial charge in [0.05, 0.1) is 29.5 Å². The summed E-state index contributed by atoms with van der Waals surface area (Å²) in [5, 5.41) is 23.0. The van der Waals surface area contributed by atoms with E-state index in [1.165, 1.54) is 0 Å². The largest absolute Gasteiger partial charge is 0.388 e. The minimum Gasteiger partial charge on any atom is -0.388 e. The van der Waals surface area contributed by atoms with E-state index in [9.17, 15) is 9.90 Å². The van der Waals surface area contributed by atoms with Gasteiger partial charge in [-0.1, -0.05) is 0 Å². The molecule has 3 N–H and O–H groups in total. The number of nitrogens with one attached hydrogen (secondary N) is 2. The number of aromatic nitrogens is 6. The number of imidazole rings is 1. The number of carbonyl (C=O) groups is 1. The third-order valence-corrected chi connectivity index (χ3v) is 7.01. The summed E-state index contributed by atoms with van der Waals surface area (Å²) in [6.07, 6.45) is 8.01. The number of pyridine rings is 2. The van der Waals surface area contributed by atoms with Gasteiger partial charge in [-0.3, -0.25) is 14.9 Å². The molecule has 0 aliphatic heterocycles. The Morgan fingerprint density at radius 3 is 3.00 bits per heavy atom. The van der Waals surface area contributed by atoms with Crippen molar-refractivity contribution in [3.8, 4) is 11.3 Å². The first kappa shape index (κ1) is 22.4. The standard InChI is InChI=1S/C27H27N7O2/c1-17-12-18(8-11-28-17)24-21-13-19(6-7-22(21)32-33-24)26(35)31-20-4-2-9-27(36,14-20)15-34-16-30-25-23(34)5-3-10-29-25/h3,5-8,10-13,16,20,36H,2,4,9,14-15H2,1H3,(H,31,35)(H,32,33)/t20-,27+/m1/s1. The maximum Gasteiger partial charge on any atom is 0.251 e. The second kappa shape index (κ2) is 8.83. The van der Waals surface area contributed by atoms with Gasteiger partial charge in [0.15, 0.2) is 5.65 Å². The van der Waals surface area contributed by atoms with Crippen LogP contribution in [-0.4, -0.2) is 52.4 Å². The number of rotatable bonds is 5. The molecule has 9 nitrogen and oxygen atoms in total. The van der Waals surface area contributed by atoms with Crippen LogP contribution in [-0.2, 0) is 6.54 Å². The van der Waals surface area contributed by atoms with Crippen molar-refractivity contribution < 1.29 is 9.90 Å². The van der Waals surface area contributed by atoms with Gasteiger partial charge < -0.3 is 15.0 Å². The molecule has 0 bridgehead atoms. The summed E-state index contributed by atoms with van der Waals surface area (Å²) < 4.78 is 1.95. The highest BCUT2D eigenvalue weighted by atomic mass is 16.3. The van der Waals surface area contributed by atoms with Gasteiger partial charge in [0.2, 0.25) is 0 Å². The first-order valence-electron chi connectivity index (χ1n) is 12.2. The molecule has 5 aromatic rings. The number of amides is 1. The van der Waals surface area contributed by atoms with Gasteiger partial charge >= 0.3 is 0 Å². The lowest BCUT2D eigenvalue weighted by Crippen LogP contribution is -2.47. The Morgan fingerprint density at radius 2 is 2.11 bits per heavy atom. The molecule has 182 valence electrons. The topological polar surface area (TPSA) is 122 Å². The Balaban J connectivity index is 1.20. The second-order valence-electron chi connectivity index (χ2n) is 9.73. The molecule has 0 radical (unpaired) electrons. The number of hydrogen-bond acceptors (Lipinski definition) is 6. The van der Waals surface area contributed by atoms with Gasteiger partial charge in [-0.25, -0.2) is 9.97 Å². The second-order valence-corrected chi connectivity index (χ2v) is 9.73. The summed E-state index contributed by atoms with van der Waals surface area (Å²) in [6, 6.07) is 13.1. The molecule has 1 fully saturated rings. The van der Waals surface area contributed by atoms with Crippen molar-refractivity contribution in [3.05, 3.63) is 72.4 Å². The van der Waals surface area contributed by atoms with E-state index in [0.29, 0.717) is 30.6 Å². The number of aromatic amines is 1. The van der Waals surface area contributed by atoms with E-state index in [2.05, 4.69) is 30.5 Å². The Kier molecular flexibility index (Phi) is 5.49. The van der Waals surface area contributed by atoms with Crippen molar-refractivity contribution in [1.82, 2.24) is 35.0 Å². The third kappa shape index (κ3) is 4.22. The van der Waals surface area contributed by atoms with E-state index in [0.717, 1.165) is 46.2 Å². The molecule has 2 atom stereocenters. The molecule has 4 heterocycles. The fourth-order valence-electron chi connectivity index (χ4n) is 5.29. The van der Waals surface area contributed by atoms with Crippen LogP contribution in [0.15, 0.2) is 61.2 Å². The predicted octanol–water partition coefficient (Wildman–Crippen LogP) is 3.78. The predicted molar refractivity (Wildman–Crippen MR) is 136 cm³/mol. The highest BCUT2D eigenvalue weighted by Crippen LogP contribution is 2.32. The molecule has 1 saturated carbocycles. The SMILES string of the molecule is Cc1cc(-c2n[nH]c3ccc(C(=O)N[C@@H]4CCC[C@@](O)(Cn5cnc6ncccc65)C4)cc23)ccn1. The van der Waals surface area contributed by atoms with E-state index >= 15 is 0 Å². The monoisotopic (exact) mass is 481 g/mol. The molecule has 0 spiro atoms. The number of nitrogens with zero attached hydrogens (tertiary/aromatic N) is 5. The molecular weight excluding hydrogens is 454 g/mol. The summed E-state index contributed by atoms with van der Waals surface area (Å²) >= 11 is 0. The number of carbonyl (C=O) groups excluding carboxylic acids is 1. The van der Waals surface area contributed by atoms with Crippen LogP contribution in [0.25, 0.3) is 33.3 Å². The maximum absolute atomic E-state index is 13.2. The van der Waals surface area contributed by atoms with Crippen molar-refractivity contribution in [3.63, 3.8) is 0 Å². The van der Waals surface area contributed by atoms with Crippen molar-refractivity contribution >= 4 is 28.0 Å². The molecule has 1 aliphatic carbocycles. The van der Waals surface area contributed by atoms with Crippen LogP contribution in [0.1, 0.15) is 41.7 Å². The van der Waals surface area contributed by atoms with Gasteiger partial charge in [0.1, 0.15) is 5.69 Å². The molecule has 36 heavy (non-hydrogen) atoms. The smallest absolute Gasteiger partial charge is 0.251 e. The van der Waals surface area contributed by atoms with Gasteiger partial charge in [-0.2, -0.15) is 5.10 Å². The third-order valence-electron chi connectivity index (χ3n) is 7.01. The van der Waals surface area contributed by atoms with E-state index in [1.807, 2.05) is 47.9 Å². The lowest BCUT2D eigenvalue weighted by Gasteiger charge is -2.37. The highest BCUT2D eigenvalue weighted by Gasteiger charge is 2.36. The van der Waals surface area contributed by atoms with Crippen LogP contribution in [0.2, 0.25) is 0 Å². The Labute approximate surface area is 207 Å². The molecule has 1 aliphatic rings. The Hall–Kier alpha value is -4.11. The molecule has 9 heteroatoms. The minimum absolute atomic E-state index is 0.119. The first-order valence-corrected chi connectivity index (χ1v) is 12.2. The van der Waals surface area contributed by atoms with Crippen LogP contribution in [0.5, 0.6) is 0 Å². The van der Waals surface area contributed by atoms with Crippen molar-refractivity contribution in [1.29, 1.82) is 0 Å². The summed E-state index contributed by atoms with van der Waals surface area (Å²) in [7, 11) is 0. The zero-order chi connectivity index (χ0) is 24.7. The number of hydrogen-bond donors (Lipinski definition) is 3. The molecule has 1 amide bonds. The van der Waals surface area contributed by atoms with Crippen LogP contribution in [0.4, 0.5) is 0 Å². The molecule has 0 unspecified atom stereocenters. The summed E-state index contributed by atoms with van der Waals surface area (Å²) in [5.41, 5.74) is 4.71. The molecule has 4 aromatic heterocycles. The number of aliphatic hydroxyl groups is 1. The Bertz CT molecular complexity index is 1570. The van der Waals surface area contributed by atoms with Crippen LogP contribution in [0, 0.1) is 6.92 Å². The van der Waals surface area contributed by atoms with Crippen LogP contribution < -0.4 is 5.32 Å². The fourth-order valence-corrected chi connectivity index (χ4v) is 5.29. The summed E-state index contributed by atoms with van der Waals surface area (Å²) in [5.74, 6) is -0.151. The van der Waals surface area contributed by atoms with Gasteiger partial charge in [-0.05, 0) is 75.1 Å². The maximum atomic E-state index is 13.2. The average Bonchev–Trinajstić information content (AvgIpc) is 3.48. The number of benzene rings is 1. The van der Waals surface area contributed by atoms with Crippen molar-refractivity contribution in [2.24, 2.45) is 0 Å². The quantitative estimate of drug-likeness (QED) is 0.351. The number of H-pyrrole nitrogens is 1. The van der Waals surface area contributed by atoms with Crippen molar-refractivity contribution in [2.75, 3.05) is 0 Å². The lowest BCUT2D eigenvalue weighted by molar-refractivity contribution is -0.0203. The lowest BCUT2D eigenvalue weighted by atomic mass is 9.81. The van der Waals surface area contributed by atoms with E-state index in [1.54, 1.807) is 24.8 Å². The zero-order valence-corrected chi connectivity index (χ0v) is 20.0. The van der Waals surface area contributed by atoms with Crippen molar-refractivity contribution in [2.45, 2.75) is 50.8 Å². The molecule has 6 rings (SSSR count). The highest BCUT2D eigenvalue weighted by molar-refractivity contribution is 6.01. The van der Waals surface area contributed by atoms with E-state index in [-0.39, 0.29) is 11.9 Å². The van der Waals surface area contributed by atoms with Crippen LogP contribution >= 0.6 is 0 Å². The van der Waals surface area contributed by atoms with Crippen LogP contribution in [0.3, 0.4) is 0 Å². The number of aryl methyl sites for hydroxylation is 1. The Morgan fingerprint density at radius 1 is 1.19 bits per heavy atom. The summed E-state index contributed by atoms with van der Waals surface area (Å²) in [4.78, 5) is 26.1. The minimum atomic E-state index is -0.930. The van der Waals surface area contributed by atoms with Gasteiger partial charge in [0, 0.05) is 40.6 Å². The number of fused-ring (bicyclic) bond motifs is 2. The average molecular weight is 482 g/mol. The van der Waals surface area contributed by atoms with Gasteiger partial charge in [-0.15, -0.1) is 0 Å². The normalized spacial score (nSPS) is 20.1. The molecular formula is C27H27N7O2. The molecule has 1 aromatic carbocycles. The zero-order valence-electron chi connectivity index (χ0n) is 20.0.